The number of hydrogen-bond donors (Lipinski definition) is 2. The maximum absolute atomic E-state index is 11.5. The van der Waals surface area contributed by atoms with Crippen molar-refractivity contribution in [3.8, 4) is 45.4 Å². The maximum atomic E-state index is 11.5. The topological polar surface area (TPSA) is 123 Å². The highest BCUT2D eigenvalue weighted by Gasteiger charge is 2.26. The van der Waals surface area contributed by atoms with E-state index in [0.29, 0.717) is 69.4 Å². The van der Waals surface area contributed by atoms with Gasteiger partial charge in [-0.3, -0.25) is 19.7 Å². The van der Waals surface area contributed by atoms with Gasteiger partial charge in [-0.05, 0) is 45.1 Å². The number of aromatic nitrogens is 4. The van der Waals surface area contributed by atoms with Crippen LogP contribution in [0.1, 0.15) is 49.9 Å². The van der Waals surface area contributed by atoms with Crippen molar-refractivity contribution in [3.63, 3.8) is 0 Å². The molecule has 2 saturated heterocycles. The normalized spacial score (nSPS) is 18.0. The number of benzene rings is 2. The molecule has 4 heterocycles. The third-order valence-corrected chi connectivity index (χ3v) is 9.78. The molecular weight excluding hydrogens is 639 g/mol. The van der Waals surface area contributed by atoms with E-state index in [-0.39, 0.29) is 24.6 Å². The molecule has 246 valence electrons. The van der Waals surface area contributed by atoms with Crippen LogP contribution in [0.3, 0.4) is 0 Å². The highest BCUT2D eigenvalue weighted by Crippen LogP contribution is 2.42. The van der Waals surface area contributed by atoms with E-state index < -0.39 is 0 Å². The Kier molecular flexibility index (Phi) is 10.5. The van der Waals surface area contributed by atoms with E-state index in [4.69, 9.17) is 47.6 Å². The van der Waals surface area contributed by atoms with E-state index in [2.05, 4.69) is 15.2 Å². The largest absolute Gasteiger partial charge is 0.480 e. The lowest BCUT2D eigenvalue weighted by Crippen LogP contribution is -2.32. The van der Waals surface area contributed by atoms with Crippen molar-refractivity contribution in [3.05, 3.63) is 70.2 Å². The first-order valence-corrected chi connectivity index (χ1v) is 16.7. The quantitative estimate of drug-likeness (QED) is 0.182. The molecule has 4 aromatic rings. The molecule has 0 saturated carbocycles. The maximum Gasteiger partial charge on any atom is 0.237 e. The van der Waals surface area contributed by atoms with E-state index in [1.54, 1.807) is 26.6 Å². The first-order chi connectivity index (χ1) is 22.9. The lowest BCUT2D eigenvalue weighted by Gasteiger charge is -2.22. The number of hydrogen-bond acceptors (Lipinski definition) is 9. The van der Waals surface area contributed by atoms with Crippen molar-refractivity contribution in [1.82, 2.24) is 30.2 Å². The number of nitrogens with one attached hydrogen (secondary N) is 1. The number of carbonyl (C=O) groups is 1. The summed E-state index contributed by atoms with van der Waals surface area (Å²) in [4.78, 5) is 32.6. The number of rotatable bonds is 12. The van der Waals surface area contributed by atoms with Crippen LogP contribution in [0.15, 0.2) is 48.8 Å². The minimum atomic E-state index is 0.120. The molecule has 0 aliphatic carbocycles. The van der Waals surface area contributed by atoms with Gasteiger partial charge in [0.05, 0.1) is 54.7 Å². The lowest BCUT2D eigenvalue weighted by molar-refractivity contribution is -0.119. The van der Waals surface area contributed by atoms with Crippen molar-refractivity contribution < 1.29 is 19.4 Å². The second-order valence-corrected chi connectivity index (χ2v) is 12.7. The summed E-state index contributed by atoms with van der Waals surface area (Å²) >= 11 is 14.1. The average Bonchev–Trinajstić information content (AvgIpc) is 3.73. The minimum absolute atomic E-state index is 0.120. The Morgan fingerprint density at radius 3 is 2.06 bits per heavy atom. The van der Waals surface area contributed by atoms with Gasteiger partial charge in [0.1, 0.15) is 11.4 Å². The molecule has 2 fully saturated rings. The van der Waals surface area contributed by atoms with Gasteiger partial charge >= 0.3 is 0 Å². The van der Waals surface area contributed by atoms with Gasteiger partial charge in [0.2, 0.25) is 17.7 Å². The van der Waals surface area contributed by atoms with Gasteiger partial charge in [-0.1, -0.05) is 59.6 Å². The molecule has 2 atom stereocenters. The van der Waals surface area contributed by atoms with Crippen molar-refractivity contribution in [2.45, 2.75) is 63.6 Å². The summed E-state index contributed by atoms with van der Waals surface area (Å²) in [6, 6.07) is 11.8. The molecule has 2 aliphatic heterocycles. The second-order valence-electron chi connectivity index (χ2n) is 11.9. The molecule has 0 radical (unpaired) electrons. The molecule has 0 spiro atoms. The van der Waals surface area contributed by atoms with E-state index in [0.717, 1.165) is 55.5 Å². The lowest BCUT2D eigenvalue weighted by atomic mass is 9.98. The zero-order valence-corrected chi connectivity index (χ0v) is 28.0. The van der Waals surface area contributed by atoms with Gasteiger partial charge < -0.3 is 19.9 Å². The number of aliphatic hydroxyl groups is 1. The van der Waals surface area contributed by atoms with Crippen LogP contribution >= 0.6 is 23.2 Å². The third kappa shape index (κ3) is 7.21. The fourth-order valence-corrected chi connectivity index (χ4v) is 7.10. The SMILES string of the molecule is COc1nc(-c2cccc(-c3cccc(-c4cnc(CN5CCC[C@H]5CO)c(OC)n4)c3Cl)c2Cl)cnc1CCC[C@@H]1CCC(=O)N1. The van der Waals surface area contributed by atoms with Crippen molar-refractivity contribution in [2.75, 3.05) is 27.4 Å². The van der Waals surface area contributed by atoms with Gasteiger partial charge in [-0.15, -0.1) is 0 Å². The Labute approximate surface area is 284 Å². The first-order valence-electron chi connectivity index (χ1n) is 15.9. The van der Waals surface area contributed by atoms with Crippen LogP contribution in [0.25, 0.3) is 33.6 Å². The van der Waals surface area contributed by atoms with Gasteiger partial charge in [0, 0.05) is 47.3 Å². The van der Waals surface area contributed by atoms with Crippen molar-refractivity contribution >= 4 is 29.1 Å². The number of nitrogens with zero attached hydrogens (tertiary/aromatic N) is 5. The Morgan fingerprint density at radius 2 is 1.49 bits per heavy atom. The van der Waals surface area contributed by atoms with Crippen molar-refractivity contribution in [2.24, 2.45) is 0 Å². The fourth-order valence-electron chi connectivity index (χ4n) is 6.45. The number of likely N-dealkylation sites (tertiary alicyclic amines) is 1. The number of methoxy groups -OCH3 is 2. The van der Waals surface area contributed by atoms with Crippen LogP contribution in [-0.2, 0) is 17.8 Å². The van der Waals surface area contributed by atoms with Gasteiger partial charge in [0.15, 0.2) is 0 Å². The summed E-state index contributed by atoms with van der Waals surface area (Å²) in [6.07, 6.45) is 9.34. The zero-order valence-electron chi connectivity index (χ0n) is 26.5. The highest BCUT2D eigenvalue weighted by molar-refractivity contribution is 6.39. The summed E-state index contributed by atoms with van der Waals surface area (Å²) in [6.45, 7) is 1.57. The number of aryl methyl sites for hydroxylation is 1. The summed E-state index contributed by atoms with van der Waals surface area (Å²) in [5.74, 6) is 0.999. The molecule has 0 bridgehead atoms. The first kappa shape index (κ1) is 33.1. The van der Waals surface area contributed by atoms with E-state index in [9.17, 15) is 9.90 Å². The monoisotopic (exact) mass is 676 g/mol. The van der Waals surface area contributed by atoms with Gasteiger partial charge in [-0.2, -0.15) is 0 Å². The summed E-state index contributed by atoms with van der Waals surface area (Å²) in [7, 11) is 3.16. The average molecular weight is 678 g/mol. The Morgan fingerprint density at radius 1 is 0.894 bits per heavy atom. The van der Waals surface area contributed by atoms with Crippen LogP contribution in [0, 0.1) is 0 Å². The number of amides is 1. The molecule has 12 heteroatoms. The Bertz CT molecular complexity index is 1760. The van der Waals surface area contributed by atoms with Crippen LogP contribution < -0.4 is 14.8 Å². The van der Waals surface area contributed by atoms with Crippen LogP contribution in [-0.4, -0.2) is 75.3 Å². The number of ether oxygens (including phenoxy) is 2. The van der Waals surface area contributed by atoms with Crippen LogP contribution in [0.4, 0.5) is 0 Å². The Hall–Kier alpha value is -3.83. The molecule has 2 aromatic carbocycles. The minimum Gasteiger partial charge on any atom is -0.480 e. The molecule has 10 nitrogen and oxygen atoms in total. The third-order valence-electron chi connectivity index (χ3n) is 8.96. The number of halogens is 2. The van der Waals surface area contributed by atoms with E-state index in [1.807, 2.05) is 36.4 Å². The molecule has 1 amide bonds. The molecule has 0 unspecified atom stereocenters. The number of aliphatic hydroxyl groups excluding tert-OH is 1. The molecule has 2 N–H and O–H groups in total. The van der Waals surface area contributed by atoms with Crippen LogP contribution in [0.5, 0.6) is 11.8 Å². The van der Waals surface area contributed by atoms with E-state index in [1.165, 1.54) is 0 Å². The second kappa shape index (κ2) is 14.9. The molecule has 2 aromatic heterocycles. The molecule has 6 rings (SSSR count). The Balaban J connectivity index is 1.24. The molecule has 47 heavy (non-hydrogen) atoms. The standard InChI is InChI=1S/C35H38Cl2N6O4/c1-46-34-27(13-3-7-21-14-15-31(45)40-21)38-17-28(41-34)25-11-4-9-23(32(25)36)24-10-5-12-26(33(24)37)29-18-39-30(35(42-29)47-2)19-43-16-6-8-22(43)20-44/h4-5,9-12,17-18,21-22,44H,3,6-8,13-16,19-20H2,1-2H3,(H,40,45)/t21-,22+/m1/s1. The molecular formula is C35H38Cl2N6O4. The fraction of sp³-hybridized carbons (Fsp3) is 0.400. The van der Waals surface area contributed by atoms with E-state index >= 15 is 0 Å². The van der Waals surface area contributed by atoms with Gasteiger partial charge in [0.25, 0.3) is 0 Å². The smallest absolute Gasteiger partial charge is 0.237 e. The molecule has 2 aliphatic rings. The number of carbonyl (C=O) groups excluding carboxylic acids is 1. The van der Waals surface area contributed by atoms with Crippen LogP contribution in [0.2, 0.25) is 10.0 Å². The predicted molar refractivity (Wildman–Crippen MR) is 182 cm³/mol. The predicted octanol–water partition coefficient (Wildman–Crippen LogP) is 6.15. The summed E-state index contributed by atoms with van der Waals surface area (Å²) in [5.41, 5.74) is 5.50. The highest BCUT2D eigenvalue weighted by atomic mass is 35.5. The zero-order chi connectivity index (χ0) is 32.9. The summed E-state index contributed by atoms with van der Waals surface area (Å²) in [5, 5.41) is 13.7. The summed E-state index contributed by atoms with van der Waals surface area (Å²) < 4.78 is 11.3. The van der Waals surface area contributed by atoms with Crippen molar-refractivity contribution in [1.29, 1.82) is 0 Å². The van der Waals surface area contributed by atoms with Gasteiger partial charge in [-0.25, -0.2) is 9.97 Å².